The van der Waals surface area contributed by atoms with Gasteiger partial charge < -0.3 is 5.32 Å². The summed E-state index contributed by atoms with van der Waals surface area (Å²) in [7, 11) is -3.72. The van der Waals surface area contributed by atoms with Crippen molar-refractivity contribution in [1.82, 2.24) is 10.2 Å². The van der Waals surface area contributed by atoms with Crippen molar-refractivity contribution < 1.29 is 18.1 Å². The molecule has 0 bridgehead atoms. The molecule has 0 atom stereocenters. The molecule has 3 rings (SSSR count). The Bertz CT molecular complexity index is 1280. The second-order valence-electron chi connectivity index (χ2n) is 7.13. The molecular formula is C20H20ClN5O5S2. The van der Waals surface area contributed by atoms with E-state index in [1.54, 1.807) is 31.2 Å². The van der Waals surface area contributed by atoms with Crippen molar-refractivity contribution >= 4 is 55.4 Å². The van der Waals surface area contributed by atoms with Crippen LogP contribution < -0.4 is 9.62 Å². The maximum absolute atomic E-state index is 12.3. The van der Waals surface area contributed by atoms with Crippen LogP contribution in [0.15, 0.2) is 42.5 Å². The first-order valence-electron chi connectivity index (χ1n) is 9.66. The fourth-order valence-electron chi connectivity index (χ4n) is 2.99. The zero-order valence-corrected chi connectivity index (χ0v) is 20.1. The predicted molar refractivity (Wildman–Crippen MR) is 128 cm³/mol. The highest BCUT2D eigenvalue weighted by molar-refractivity contribution is 7.92. The minimum atomic E-state index is -3.72. The normalized spacial score (nSPS) is 11.2. The van der Waals surface area contributed by atoms with Crippen molar-refractivity contribution in [1.29, 1.82) is 0 Å². The summed E-state index contributed by atoms with van der Waals surface area (Å²) in [4.78, 5) is 22.8. The molecule has 33 heavy (non-hydrogen) atoms. The molecule has 3 aromatic rings. The third-order valence-electron chi connectivity index (χ3n) is 4.60. The van der Waals surface area contributed by atoms with Crippen LogP contribution in [0.3, 0.4) is 0 Å². The second-order valence-corrected chi connectivity index (χ2v) is 10.5. The predicted octanol–water partition coefficient (Wildman–Crippen LogP) is 4.26. The number of nitro benzene ring substituents is 1. The molecule has 1 aromatic heterocycles. The van der Waals surface area contributed by atoms with Gasteiger partial charge in [0, 0.05) is 35.7 Å². The quantitative estimate of drug-likeness (QED) is 0.336. The van der Waals surface area contributed by atoms with Gasteiger partial charge in [-0.05, 0) is 31.0 Å². The highest BCUT2D eigenvalue weighted by Gasteiger charge is 2.22. The number of carbonyl (C=O) groups is 1. The molecule has 0 unspecified atom stereocenters. The fourth-order valence-corrected chi connectivity index (χ4v) is 4.90. The second kappa shape index (κ2) is 10.2. The number of anilines is 2. The summed E-state index contributed by atoms with van der Waals surface area (Å²) in [5, 5.41) is 23.3. The van der Waals surface area contributed by atoms with Crippen LogP contribution in [0.5, 0.6) is 0 Å². The minimum Gasteiger partial charge on any atom is -0.301 e. The van der Waals surface area contributed by atoms with Crippen LogP contribution in [-0.4, -0.2) is 42.2 Å². The largest absolute Gasteiger partial charge is 0.301 e. The lowest BCUT2D eigenvalue weighted by Gasteiger charge is -2.23. The summed E-state index contributed by atoms with van der Waals surface area (Å²) in [6, 6.07) is 11.1. The van der Waals surface area contributed by atoms with Crippen LogP contribution in [0.4, 0.5) is 16.5 Å². The van der Waals surface area contributed by atoms with Crippen molar-refractivity contribution in [2.75, 3.05) is 22.4 Å². The van der Waals surface area contributed by atoms with Crippen molar-refractivity contribution in [2.24, 2.45) is 0 Å². The summed E-state index contributed by atoms with van der Waals surface area (Å²) in [5.41, 5.74) is 1.38. The van der Waals surface area contributed by atoms with Gasteiger partial charge in [-0.2, -0.15) is 0 Å². The molecule has 0 saturated heterocycles. The third-order valence-corrected chi connectivity index (χ3v) is 6.92. The SMILES string of the molecule is Cc1ccc([N+](=O)[O-])cc1N(CCCC(=O)Nc1nnc(-c2ccc(Cl)cc2)s1)S(C)(=O)=O. The third kappa shape index (κ3) is 6.46. The lowest BCUT2D eigenvalue weighted by Crippen LogP contribution is -2.32. The molecule has 0 spiro atoms. The number of sulfonamides is 1. The maximum atomic E-state index is 12.3. The molecule has 1 N–H and O–H groups in total. The molecule has 10 nitrogen and oxygen atoms in total. The van der Waals surface area contributed by atoms with E-state index in [1.165, 1.54) is 29.5 Å². The molecule has 174 valence electrons. The summed E-state index contributed by atoms with van der Waals surface area (Å²) < 4.78 is 25.7. The molecule has 0 aliphatic carbocycles. The molecule has 0 radical (unpaired) electrons. The van der Waals surface area contributed by atoms with Crippen LogP contribution in [0.2, 0.25) is 5.02 Å². The van der Waals surface area contributed by atoms with Gasteiger partial charge in [-0.15, -0.1) is 10.2 Å². The van der Waals surface area contributed by atoms with E-state index in [1.807, 2.05) is 0 Å². The highest BCUT2D eigenvalue weighted by atomic mass is 35.5. The Morgan fingerprint density at radius 1 is 1.21 bits per heavy atom. The number of halogens is 1. The van der Waals surface area contributed by atoms with Crippen LogP contribution >= 0.6 is 22.9 Å². The molecule has 1 amide bonds. The van der Waals surface area contributed by atoms with Gasteiger partial charge in [0.2, 0.25) is 21.1 Å². The molecule has 13 heteroatoms. The number of nitrogens with one attached hydrogen (secondary N) is 1. The zero-order chi connectivity index (χ0) is 24.2. The number of hydrogen-bond donors (Lipinski definition) is 1. The van der Waals surface area contributed by atoms with E-state index in [2.05, 4.69) is 15.5 Å². The first-order chi connectivity index (χ1) is 15.5. The lowest BCUT2D eigenvalue weighted by atomic mass is 10.1. The van der Waals surface area contributed by atoms with Gasteiger partial charge in [0.1, 0.15) is 5.01 Å². The number of non-ortho nitro benzene ring substituents is 1. The van der Waals surface area contributed by atoms with Gasteiger partial charge in [0.15, 0.2) is 0 Å². The van der Waals surface area contributed by atoms with Gasteiger partial charge in [-0.1, -0.05) is 41.1 Å². The van der Waals surface area contributed by atoms with Gasteiger partial charge in [-0.3, -0.25) is 19.2 Å². The molecule has 2 aromatic carbocycles. The number of rotatable bonds is 9. The Labute approximate surface area is 199 Å². The molecule has 0 saturated carbocycles. The van der Waals surface area contributed by atoms with Crippen LogP contribution in [0.25, 0.3) is 10.6 Å². The van der Waals surface area contributed by atoms with E-state index in [0.717, 1.165) is 16.1 Å². The summed E-state index contributed by atoms with van der Waals surface area (Å²) in [5.74, 6) is -0.349. The number of nitrogens with zero attached hydrogens (tertiary/aromatic N) is 4. The number of hydrogen-bond acceptors (Lipinski definition) is 8. The number of aryl methyl sites for hydroxylation is 1. The first-order valence-corrected chi connectivity index (χ1v) is 12.7. The summed E-state index contributed by atoms with van der Waals surface area (Å²) in [6.07, 6.45) is 1.24. The maximum Gasteiger partial charge on any atom is 0.271 e. The van der Waals surface area contributed by atoms with Gasteiger partial charge >= 0.3 is 0 Å². The zero-order valence-electron chi connectivity index (χ0n) is 17.7. The fraction of sp³-hybridized carbons (Fsp3) is 0.250. The molecule has 1 heterocycles. The average molecular weight is 510 g/mol. The number of aromatic nitrogens is 2. The number of nitro groups is 1. The molecule has 0 aliphatic rings. The first kappa shape index (κ1) is 24.6. The molecular weight excluding hydrogens is 490 g/mol. The van der Waals surface area contributed by atoms with E-state index in [9.17, 15) is 23.3 Å². The van der Waals surface area contributed by atoms with E-state index in [0.29, 0.717) is 20.7 Å². The molecule has 0 fully saturated rings. The van der Waals surface area contributed by atoms with Crippen LogP contribution in [0.1, 0.15) is 18.4 Å². The van der Waals surface area contributed by atoms with Crippen molar-refractivity contribution in [3.05, 3.63) is 63.2 Å². The smallest absolute Gasteiger partial charge is 0.271 e. The Balaban J connectivity index is 1.63. The monoisotopic (exact) mass is 509 g/mol. The van der Waals surface area contributed by atoms with Crippen LogP contribution in [0, 0.1) is 17.0 Å². The Kier molecular flexibility index (Phi) is 7.61. The number of carbonyl (C=O) groups excluding carboxylic acids is 1. The van der Waals surface area contributed by atoms with Crippen LogP contribution in [-0.2, 0) is 14.8 Å². The van der Waals surface area contributed by atoms with Crippen molar-refractivity contribution in [2.45, 2.75) is 19.8 Å². The number of amides is 1. The Hall–Kier alpha value is -3.09. The van der Waals surface area contributed by atoms with Crippen molar-refractivity contribution in [3.63, 3.8) is 0 Å². The van der Waals surface area contributed by atoms with E-state index in [4.69, 9.17) is 11.6 Å². The Morgan fingerprint density at radius 3 is 2.55 bits per heavy atom. The van der Waals surface area contributed by atoms with E-state index < -0.39 is 14.9 Å². The summed E-state index contributed by atoms with van der Waals surface area (Å²) >= 11 is 7.08. The van der Waals surface area contributed by atoms with Gasteiger partial charge in [0.25, 0.3) is 5.69 Å². The summed E-state index contributed by atoms with van der Waals surface area (Å²) in [6.45, 7) is 1.65. The topological polar surface area (TPSA) is 135 Å². The van der Waals surface area contributed by atoms with E-state index in [-0.39, 0.29) is 36.7 Å². The van der Waals surface area contributed by atoms with Gasteiger partial charge in [-0.25, -0.2) is 8.42 Å². The van der Waals surface area contributed by atoms with Crippen molar-refractivity contribution in [3.8, 4) is 10.6 Å². The average Bonchev–Trinajstić information content (AvgIpc) is 3.19. The van der Waals surface area contributed by atoms with Gasteiger partial charge in [0.05, 0.1) is 16.9 Å². The standard InChI is InChI=1S/C20H20ClN5O5S2/c1-13-5-10-16(26(28)29)12-17(13)25(33(2,30)31)11-3-4-18(27)22-20-24-23-19(32-20)14-6-8-15(21)9-7-14/h5-10,12H,3-4,11H2,1-2H3,(H,22,24,27). The number of benzene rings is 2. The molecule has 0 aliphatic heterocycles. The highest BCUT2D eigenvalue weighted by Crippen LogP contribution is 2.29. The minimum absolute atomic E-state index is 0.0135. The Morgan fingerprint density at radius 2 is 1.91 bits per heavy atom. The van der Waals surface area contributed by atoms with E-state index >= 15 is 0 Å². The lowest BCUT2D eigenvalue weighted by molar-refractivity contribution is -0.384.